The maximum atomic E-state index is 13.1. The summed E-state index contributed by atoms with van der Waals surface area (Å²) in [4.78, 5) is 30.0. The third kappa shape index (κ3) is 4.91. The maximum absolute atomic E-state index is 13.1. The van der Waals surface area contributed by atoms with Crippen LogP contribution < -0.4 is 10.2 Å². The molecule has 0 aliphatic carbocycles. The van der Waals surface area contributed by atoms with Crippen LogP contribution in [-0.2, 0) is 6.54 Å². The molecule has 2 aromatic heterocycles. The molecule has 1 aromatic carbocycles. The van der Waals surface area contributed by atoms with Crippen LogP contribution in [0.4, 0.5) is 11.4 Å². The molecule has 3 rings (SSSR count). The first-order valence-corrected chi connectivity index (χ1v) is 10.8. The molecule has 0 aliphatic heterocycles. The number of furan rings is 1. The van der Waals surface area contributed by atoms with Gasteiger partial charge >= 0.3 is 0 Å². The van der Waals surface area contributed by atoms with Crippen molar-refractivity contribution < 1.29 is 14.0 Å². The van der Waals surface area contributed by atoms with E-state index in [0.717, 1.165) is 17.7 Å². The van der Waals surface area contributed by atoms with E-state index in [2.05, 4.69) is 12.2 Å². The molecule has 7 heteroatoms. The van der Waals surface area contributed by atoms with Gasteiger partial charge in [0.15, 0.2) is 5.76 Å². The summed E-state index contributed by atoms with van der Waals surface area (Å²) < 4.78 is 5.35. The lowest BCUT2D eigenvalue weighted by atomic mass is 10.1. The summed E-state index contributed by atoms with van der Waals surface area (Å²) in [5.41, 5.74) is 2.64. The second-order valence-electron chi connectivity index (χ2n) is 7.34. The zero-order valence-electron chi connectivity index (χ0n) is 17.7. The fourth-order valence-electron chi connectivity index (χ4n) is 3.20. The average molecular weight is 426 g/mol. The van der Waals surface area contributed by atoms with Crippen LogP contribution in [0.5, 0.6) is 0 Å². The van der Waals surface area contributed by atoms with Crippen LogP contribution in [0, 0.1) is 0 Å². The van der Waals surface area contributed by atoms with E-state index in [9.17, 15) is 9.59 Å². The molecule has 2 heterocycles. The van der Waals surface area contributed by atoms with Gasteiger partial charge in [-0.3, -0.25) is 9.59 Å². The number of thiophene rings is 1. The number of nitrogens with zero attached hydrogens (tertiary/aromatic N) is 2. The lowest BCUT2D eigenvalue weighted by Crippen LogP contribution is -2.38. The first kappa shape index (κ1) is 21.6. The molecule has 158 valence electrons. The summed E-state index contributed by atoms with van der Waals surface area (Å²) in [6, 6.07) is 12.9. The summed E-state index contributed by atoms with van der Waals surface area (Å²) in [7, 11) is 3.93. The van der Waals surface area contributed by atoms with Crippen molar-refractivity contribution in [3.63, 3.8) is 0 Å². The van der Waals surface area contributed by atoms with Gasteiger partial charge < -0.3 is 19.5 Å². The Morgan fingerprint density at radius 3 is 2.57 bits per heavy atom. The van der Waals surface area contributed by atoms with Gasteiger partial charge in [-0.2, -0.15) is 0 Å². The minimum Gasteiger partial charge on any atom is -0.459 e. The largest absolute Gasteiger partial charge is 0.459 e. The van der Waals surface area contributed by atoms with Gasteiger partial charge in [0.05, 0.1) is 11.1 Å². The first-order chi connectivity index (χ1) is 14.4. The smallest absolute Gasteiger partial charge is 0.290 e. The van der Waals surface area contributed by atoms with E-state index in [4.69, 9.17) is 4.42 Å². The number of hydrogen-bond acceptors (Lipinski definition) is 5. The van der Waals surface area contributed by atoms with Gasteiger partial charge in [0.1, 0.15) is 0 Å². The zero-order chi connectivity index (χ0) is 21.7. The zero-order valence-corrected chi connectivity index (χ0v) is 18.5. The first-order valence-electron chi connectivity index (χ1n) is 9.90. The summed E-state index contributed by atoms with van der Waals surface area (Å²) in [6.07, 6.45) is 2.33. The van der Waals surface area contributed by atoms with E-state index in [1.54, 1.807) is 18.2 Å². The average Bonchev–Trinajstić information content (AvgIpc) is 3.45. The molecule has 3 aromatic rings. The van der Waals surface area contributed by atoms with E-state index in [0.29, 0.717) is 22.9 Å². The molecule has 0 aliphatic rings. The topological polar surface area (TPSA) is 65.8 Å². The van der Waals surface area contributed by atoms with E-state index in [-0.39, 0.29) is 17.9 Å². The molecule has 0 unspecified atom stereocenters. The van der Waals surface area contributed by atoms with Crippen LogP contribution >= 0.6 is 11.3 Å². The number of carbonyl (C=O) groups is 2. The molecular formula is C23H27N3O3S. The maximum Gasteiger partial charge on any atom is 0.290 e. The molecule has 0 bridgehead atoms. The summed E-state index contributed by atoms with van der Waals surface area (Å²) >= 11 is 1.40. The summed E-state index contributed by atoms with van der Waals surface area (Å²) in [5.74, 6) is 0.0370. The SMILES string of the molecule is CC[C@H](C)N(Cc1cc(NC(=O)c2cccs2)ccc1N(C)C)C(=O)c1ccco1. The van der Waals surface area contributed by atoms with Gasteiger partial charge in [-0.1, -0.05) is 13.0 Å². The predicted octanol–water partition coefficient (Wildman–Crippen LogP) is 5.10. The van der Waals surface area contributed by atoms with Crippen LogP contribution in [0.1, 0.15) is 46.1 Å². The number of rotatable bonds is 8. The second kappa shape index (κ2) is 9.63. The fraction of sp³-hybridized carbons (Fsp3) is 0.304. The minimum absolute atomic E-state index is 0.0296. The monoisotopic (exact) mass is 425 g/mol. The lowest BCUT2D eigenvalue weighted by molar-refractivity contribution is 0.0639. The van der Waals surface area contributed by atoms with Crippen molar-refractivity contribution in [1.82, 2.24) is 4.90 Å². The Hall–Kier alpha value is -3.06. The Morgan fingerprint density at radius 1 is 1.17 bits per heavy atom. The number of nitrogens with one attached hydrogen (secondary N) is 1. The summed E-state index contributed by atoms with van der Waals surface area (Å²) in [5, 5.41) is 4.83. The third-order valence-corrected chi connectivity index (χ3v) is 5.89. The van der Waals surface area contributed by atoms with Crippen LogP contribution in [0.15, 0.2) is 58.5 Å². The molecule has 1 N–H and O–H groups in total. The quantitative estimate of drug-likeness (QED) is 0.545. The Bertz CT molecular complexity index is 981. The molecule has 0 spiro atoms. The fourth-order valence-corrected chi connectivity index (χ4v) is 3.82. The Morgan fingerprint density at radius 2 is 1.97 bits per heavy atom. The van der Waals surface area contributed by atoms with Gasteiger partial charge in [0, 0.05) is 38.1 Å². The molecule has 6 nitrogen and oxygen atoms in total. The summed E-state index contributed by atoms with van der Waals surface area (Å²) in [6.45, 7) is 4.49. The highest BCUT2D eigenvalue weighted by Gasteiger charge is 2.24. The third-order valence-electron chi connectivity index (χ3n) is 5.02. The number of carbonyl (C=O) groups excluding carboxylic acids is 2. The molecule has 0 saturated heterocycles. The molecule has 30 heavy (non-hydrogen) atoms. The van der Waals surface area contributed by atoms with E-state index >= 15 is 0 Å². The standard InChI is InChI=1S/C23H27N3O3S/c1-5-16(2)26(23(28)20-8-6-12-29-20)15-17-14-18(10-11-19(17)25(3)4)24-22(27)21-9-7-13-30-21/h6-14,16H,5,15H2,1-4H3,(H,24,27)/t16-/m0/s1. The lowest BCUT2D eigenvalue weighted by Gasteiger charge is -2.30. The van der Waals surface area contributed by atoms with Crippen molar-refractivity contribution in [2.75, 3.05) is 24.3 Å². The van der Waals surface area contributed by atoms with Gasteiger partial charge in [0.2, 0.25) is 0 Å². The number of hydrogen-bond donors (Lipinski definition) is 1. The highest BCUT2D eigenvalue weighted by molar-refractivity contribution is 7.12. The number of amides is 2. The second-order valence-corrected chi connectivity index (χ2v) is 8.28. The van der Waals surface area contributed by atoms with Crippen molar-refractivity contribution in [2.24, 2.45) is 0 Å². The van der Waals surface area contributed by atoms with Gasteiger partial charge in [-0.05, 0) is 60.7 Å². The number of anilines is 2. The Balaban J connectivity index is 1.90. The minimum atomic E-state index is -0.146. The van der Waals surface area contributed by atoms with Crippen molar-refractivity contribution >= 4 is 34.5 Å². The van der Waals surface area contributed by atoms with E-state index < -0.39 is 0 Å². The van der Waals surface area contributed by atoms with Crippen molar-refractivity contribution in [2.45, 2.75) is 32.9 Å². The predicted molar refractivity (Wildman–Crippen MR) is 121 cm³/mol. The van der Waals surface area contributed by atoms with Crippen LogP contribution in [-0.4, -0.2) is 36.9 Å². The van der Waals surface area contributed by atoms with Gasteiger partial charge in [0.25, 0.3) is 11.8 Å². The van der Waals surface area contributed by atoms with Crippen LogP contribution in [0.25, 0.3) is 0 Å². The normalized spacial score (nSPS) is 11.7. The van der Waals surface area contributed by atoms with Crippen molar-refractivity contribution in [1.29, 1.82) is 0 Å². The van der Waals surface area contributed by atoms with Crippen molar-refractivity contribution in [3.8, 4) is 0 Å². The molecule has 1 atom stereocenters. The molecule has 0 saturated carbocycles. The van der Waals surface area contributed by atoms with E-state index in [1.165, 1.54) is 17.6 Å². The van der Waals surface area contributed by atoms with Crippen molar-refractivity contribution in [3.05, 3.63) is 70.3 Å². The Kier molecular flexibility index (Phi) is 6.95. The van der Waals surface area contributed by atoms with Gasteiger partial charge in [-0.25, -0.2) is 0 Å². The van der Waals surface area contributed by atoms with E-state index in [1.807, 2.05) is 60.5 Å². The van der Waals surface area contributed by atoms with Crippen LogP contribution in [0.2, 0.25) is 0 Å². The Labute approximate surface area is 181 Å². The van der Waals surface area contributed by atoms with Crippen LogP contribution in [0.3, 0.4) is 0 Å². The molecular weight excluding hydrogens is 398 g/mol. The highest BCUT2D eigenvalue weighted by Crippen LogP contribution is 2.27. The highest BCUT2D eigenvalue weighted by atomic mass is 32.1. The molecule has 2 amide bonds. The van der Waals surface area contributed by atoms with Gasteiger partial charge in [-0.15, -0.1) is 11.3 Å². The number of benzene rings is 1. The molecule has 0 radical (unpaired) electrons. The molecule has 0 fully saturated rings.